The third-order valence-corrected chi connectivity index (χ3v) is 5.61. The summed E-state index contributed by atoms with van der Waals surface area (Å²) in [6, 6.07) is 13.7. The quantitative estimate of drug-likeness (QED) is 0.757. The molecule has 2 N–H and O–H groups in total. The number of ether oxygens (including phenoxy) is 1. The molecule has 1 heterocycles. The van der Waals surface area contributed by atoms with Gasteiger partial charge < -0.3 is 20.1 Å². The molecule has 1 aliphatic heterocycles. The van der Waals surface area contributed by atoms with Gasteiger partial charge in [-0.3, -0.25) is 0 Å². The minimum Gasteiger partial charge on any atom is -0.497 e. The van der Waals surface area contributed by atoms with E-state index in [2.05, 4.69) is 5.32 Å². The summed E-state index contributed by atoms with van der Waals surface area (Å²) in [7, 11) is 1.62. The minimum atomic E-state index is -0.594. The van der Waals surface area contributed by atoms with Gasteiger partial charge in [0.05, 0.1) is 18.7 Å². The fraction of sp³-hybridized carbons (Fsp3) is 0.409. The Hall–Kier alpha value is -2.60. The van der Waals surface area contributed by atoms with Crippen LogP contribution < -0.4 is 10.1 Å². The van der Waals surface area contributed by atoms with Crippen molar-refractivity contribution in [3.05, 3.63) is 65.5 Å². The van der Waals surface area contributed by atoms with Crippen molar-refractivity contribution in [1.82, 2.24) is 10.2 Å². The van der Waals surface area contributed by atoms with Gasteiger partial charge in [0, 0.05) is 13.2 Å². The summed E-state index contributed by atoms with van der Waals surface area (Å²) in [6.45, 7) is 2.62. The second kappa shape index (κ2) is 8.61. The molecule has 0 unspecified atom stereocenters. The molecule has 1 aliphatic rings. The van der Waals surface area contributed by atoms with Crippen LogP contribution in [-0.4, -0.2) is 36.3 Å². The summed E-state index contributed by atoms with van der Waals surface area (Å²) in [5, 5.41) is 12.5. The third kappa shape index (κ3) is 4.12. The van der Waals surface area contributed by atoms with E-state index in [1.165, 1.54) is 12.1 Å². The van der Waals surface area contributed by atoms with Crippen molar-refractivity contribution in [3.8, 4) is 5.75 Å². The van der Waals surface area contributed by atoms with Crippen LogP contribution in [0.15, 0.2) is 48.5 Å². The van der Waals surface area contributed by atoms with Gasteiger partial charge in [-0.25, -0.2) is 9.18 Å². The molecule has 0 spiro atoms. The molecule has 0 radical (unpaired) electrons. The maximum atomic E-state index is 13.4. The van der Waals surface area contributed by atoms with Gasteiger partial charge in [0.2, 0.25) is 0 Å². The summed E-state index contributed by atoms with van der Waals surface area (Å²) in [5.74, 6) is 0.469. The van der Waals surface area contributed by atoms with Crippen LogP contribution in [-0.2, 0) is 5.54 Å². The number of rotatable bonds is 7. The van der Waals surface area contributed by atoms with E-state index in [4.69, 9.17) is 4.74 Å². The maximum absolute atomic E-state index is 13.4. The zero-order chi connectivity index (χ0) is 20.1. The number of hydrogen-bond acceptors (Lipinski definition) is 3. The van der Waals surface area contributed by atoms with E-state index in [9.17, 15) is 14.3 Å². The number of carbonyl (C=O) groups is 1. The number of halogens is 1. The molecule has 1 saturated heterocycles. The van der Waals surface area contributed by atoms with Crippen LogP contribution in [0.4, 0.5) is 9.18 Å². The highest BCUT2D eigenvalue weighted by molar-refractivity contribution is 5.77. The van der Waals surface area contributed by atoms with Gasteiger partial charge in [-0.15, -0.1) is 0 Å². The average Bonchev–Trinajstić information content (AvgIpc) is 2.72. The Bertz CT molecular complexity index is 794. The molecule has 6 heteroatoms. The second-order valence-corrected chi connectivity index (χ2v) is 7.24. The first-order valence-corrected chi connectivity index (χ1v) is 9.59. The molecule has 28 heavy (non-hydrogen) atoms. The van der Waals surface area contributed by atoms with Crippen LogP contribution in [0.5, 0.6) is 5.75 Å². The molecule has 1 fully saturated rings. The van der Waals surface area contributed by atoms with Gasteiger partial charge in [0.15, 0.2) is 0 Å². The highest BCUT2D eigenvalue weighted by Gasteiger charge is 2.40. The van der Waals surface area contributed by atoms with E-state index in [1.807, 2.05) is 36.1 Å². The Balaban J connectivity index is 1.80. The molecule has 0 bridgehead atoms. The molecule has 0 aromatic heterocycles. The van der Waals surface area contributed by atoms with Crippen molar-refractivity contribution >= 4 is 6.03 Å². The molecule has 2 amide bonds. The summed E-state index contributed by atoms with van der Waals surface area (Å²) in [4.78, 5) is 14.8. The van der Waals surface area contributed by atoms with Gasteiger partial charge in [0.25, 0.3) is 0 Å². The van der Waals surface area contributed by atoms with Gasteiger partial charge in [-0.1, -0.05) is 24.3 Å². The van der Waals surface area contributed by atoms with Gasteiger partial charge >= 0.3 is 6.03 Å². The minimum absolute atomic E-state index is 0.0464. The lowest BCUT2D eigenvalue weighted by Crippen LogP contribution is -2.58. The number of nitrogens with zero attached hydrogens (tertiary/aromatic N) is 1. The number of nitrogens with one attached hydrogen (secondary N) is 1. The number of hydrogen-bond donors (Lipinski definition) is 2. The molecule has 2 aromatic carbocycles. The van der Waals surface area contributed by atoms with Crippen LogP contribution in [0.3, 0.4) is 0 Å². The van der Waals surface area contributed by atoms with E-state index in [0.29, 0.717) is 25.8 Å². The summed E-state index contributed by atoms with van der Waals surface area (Å²) < 4.78 is 18.6. The average molecular weight is 386 g/mol. The normalized spacial score (nSPS) is 20.6. The monoisotopic (exact) mass is 386 g/mol. The maximum Gasteiger partial charge on any atom is 0.318 e. The first kappa shape index (κ1) is 20.1. The van der Waals surface area contributed by atoms with Crippen molar-refractivity contribution in [2.45, 2.75) is 37.8 Å². The predicted molar refractivity (Wildman–Crippen MR) is 106 cm³/mol. The Morgan fingerprint density at radius 2 is 1.89 bits per heavy atom. The fourth-order valence-corrected chi connectivity index (χ4v) is 3.88. The number of carbonyl (C=O) groups excluding carboxylic acids is 1. The van der Waals surface area contributed by atoms with Gasteiger partial charge in [-0.2, -0.15) is 0 Å². The van der Waals surface area contributed by atoms with Crippen LogP contribution in [0.25, 0.3) is 0 Å². The number of methoxy groups -OCH3 is 1. The predicted octanol–water partition coefficient (Wildman–Crippen LogP) is 3.98. The van der Waals surface area contributed by atoms with E-state index in [-0.39, 0.29) is 24.5 Å². The summed E-state index contributed by atoms with van der Waals surface area (Å²) >= 11 is 0. The molecular weight excluding hydrogens is 359 g/mol. The lowest BCUT2D eigenvalue weighted by atomic mass is 9.81. The lowest BCUT2D eigenvalue weighted by molar-refractivity contribution is 0.117. The molecule has 2 aromatic rings. The molecule has 150 valence electrons. The Labute approximate surface area is 165 Å². The molecule has 5 nitrogen and oxygen atoms in total. The Morgan fingerprint density at radius 1 is 1.21 bits per heavy atom. The smallest absolute Gasteiger partial charge is 0.318 e. The van der Waals surface area contributed by atoms with Crippen molar-refractivity contribution in [2.24, 2.45) is 0 Å². The van der Waals surface area contributed by atoms with Crippen LogP contribution in [0, 0.1) is 5.82 Å². The van der Waals surface area contributed by atoms with Crippen LogP contribution in [0.2, 0.25) is 0 Å². The molecule has 0 aliphatic carbocycles. The molecular formula is C22H27FN2O3. The van der Waals surface area contributed by atoms with E-state index in [0.717, 1.165) is 16.9 Å². The molecule has 0 saturated carbocycles. The topological polar surface area (TPSA) is 61.8 Å². The number of benzene rings is 2. The lowest BCUT2D eigenvalue weighted by Gasteiger charge is -2.45. The van der Waals surface area contributed by atoms with Crippen LogP contribution in [0.1, 0.15) is 43.4 Å². The Kier molecular flexibility index (Phi) is 6.19. The fourth-order valence-electron chi connectivity index (χ4n) is 3.88. The second-order valence-electron chi connectivity index (χ2n) is 7.24. The number of urea groups is 1. The largest absolute Gasteiger partial charge is 0.497 e. The Morgan fingerprint density at radius 3 is 2.46 bits per heavy atom. The van der Waals surface area contributed by atoms with Crippen LogP contribution >= 0.6 is 0 Å². The number of aliphatic hydroxyl groups excluding tert-OH is 1. The molecule has 2 atom stereocenters. The van der Waals surface area contributed by atoms with Gasteiger partial charge in [0.1, 0.15) is 11.6 Å². The van der Waals surface area contributed by atoms with Crippen molar-refractivity contribution in [3.63, 3.8) is 0 Å². The van der Waals surface area contributed by atoms with E-state index >= 15 is 0 Å². The van der Waals surface area contributed by atoms with Crippen molar-refractivity contribution in [2.75, 3.05) is 20.3 Å². The first-order chi connectivity index (χ1) is 13.5. The van der Waals surface area contributed by atoms with E-state index in [1.54, 1.807) is 19.2 Å². The van der Waals surface area contributed by atoms with E-state index < -0.39 is 5.54 Å². The number of aliphatic hydroxyl groups is 1. The summed E-state index contributed by atoms with van der Waals surface area (Å²) in [6.07, 6.45) is 1.85. The van der Waals surface area contributed by atoms with Crippen molar-refractivity contribution < 1.29 is 19.0 Å². The zero-order valence-electron chi connectivity index (χ0n) is 16.3. The standard InChI is InChI=1S/C22H27FN2O3/c1-16(17-4-10-20(28-2)11-5-17)25-14-13-22(12-3-15-26,24-21(25)27)18-6-8-19(23)9-7-18/h4-11,16,26H,3,12-15H2,1-2H3,(H,24,27)/t16-,22+/m0/s1. The number of amides is 2. The highest BCUT2D eigenvalue weighted by Crippen LogP contribution is 2.36. The SMILES string of the molecule is COc1ccc([C@H](C)N2CC[C@](CCCO)(c3ccc(F)cc3)NC2=O)cc1. The van der Waals surface area contributed by atoms with Gasteiger partial charge in [-0.05, 0) is 61.6 Å². The first-order valence-electron chi connectivity index (χ1n) is 9.59. The third-order valence-electron chi connectivity index (χ3n) is 5.61. The zero-order valence-corrected chi connectivity index (χ0v) is 16.3. The summed E-state index contributed by atoms with van der Waals surface area (Å²) in [5.41, 5.74) is 1.30. The molecule has 3 rings (SSSR count). The van der Waals surface area contributed by atoms with Crippen molar-refractivity contribution in [1.29, 1.82) is 0 Å². The highest BCUT2D eigenvalue weighted by atomic mass is 19.1.